The summed E-state index contributed by atoms with van der Waals surface area (Å²) >= 11 is 0. The summed E-state index contributed by atoms with van der Waals surface area (Å²) in [6.45, 7) is 16.3. The van der Waals surface area contributed by atoms with Gasteiger partial charge in [0.25, 0.3) is 0 Å². The molecule has 0 aromatic heterocycles. The fraction of sp³-hybridized carbons (Fsp3) is 0.941. The molecule has 0 heterocycles. The molecule has 0 saturated carbocycles. The fourth-order valence-corrected chi connectivity index (χ4v) is 3.80. The van der Waals surface area contributed by atoms with Crippen molar-refractivity contribution in [1.82, 2.24) is 0 Å². The first-order valence-electron chi connectivity index (χ1n) is 17.8. The Morgan fingerprint density at radius 2 is 0.633 bits per heavy atom. The minimum Gasteiger partial charge on any atom is -0.463 e. The van der Waals surface area contributed by atoms with Crippen LogP contribution in [0.15, 0.2) is 0 Å². The van der Waals surface area contributed by atoms with Gasteiger partial charge in [-0.2, -0.15) is 0 Å². The largest absolute Gasteiger partial charge is 0.463 e. The van der Waals surface area contributed by atoms with Crippen LogP contribution in [0.4, 0.5) is 0 Å². The Hall–Kier alpha value is -1.50. The molecule has 1 atom stereocenters. The summed E-state index contributed by atoms with van der Waals surface area (Å²) in [4.78, 5) is 22.6. The van der Waals surface area contributed by atoms with Crippen LogP contribution in [0.3, 0.4) is 0 Å². The average Bonchev–Trinajstić information content (AvgIpc) is 3.09. The molecule has 0 spiro atoms. The maximum absolute atomic E-state index is 12.0. The monoisotopic (exact) mass is 714 g/mol. The highest BCUT2D eigenvalue weighted by molar-refractivity contribution is 5.72. The molecule has 0 amide bonds. The van der Waals surface area contributed by atoms with Crippen LogP contribution in [0, 0.1) is 5.92 Å². The van der Waals surface area contributed by atoms with Gasteiger partial charge in [0.15, 0.2) is 0 Å². The van der Waals surface area contributed by atoms with Gasteiger partial charge in [-0.3, -0.25) is 9.59 Å². The van der Waals surface area contributed by atoms with Gasteiger partial charge >= 0.3 is 11.9 Å². The van der Waals surface area contributed by atoms with E-state index in [1.54, 1.807) is 0 Å². The molecule has 0 aliphatic heterocycles. The molecule has 292 valence electrons. The normalized spacial score (nSPS) is 12.0. The van der Waals surface area contributed by atoms with Crippen molar-refractivity contribution in [1.29, 1.82) is 0 Å². The Morgan fingerprint density at radius 1 is 0.388 bits per heavy atom. The summed E-state index contributed by atoms with van der Waals surface area (Å²) in [6, 6.07) is 0. The van der Waals surface area contributed by atoms with Crippen LogP contribution in [0.2, 0.25) is 0 Å². The van der Waals surface area contributed by atoms with Gasteiger partial charge in [0.05, 0.1) is 151 Å². The lowest BCUT2D eigenvalue weighted by molar-refractivity contribution is -0.150. The molecule has 0 N–H and O–H groups in total. The molecule has 0 aliphatic rings. The minimum absolute atomic E-state index is 0.00731. The first-order chi connectivity index (χ1) is 24.1. The van der Waals surface area contributed by atoms with Crippen LogP contribution in [-0.2, 0) is 71.2 Å². The van der Waals surface area contributed by atoms with Crippen LogP contribution in [0.25, 0.3) is 0 Å². The Bertz CT molecular complexity index is 686. The van der Waals surface area contributed by atoms with E-state index in [2.05, 4.69) is 6.92 Å². The smallest absolute Gasteiger partial charge is 0.308 e. The number of ether oxygens (including phenoxy) is 13. The zero-order chi connectivity index (χ0) is 35.7. The second kappa shape index (κ2) is 40.9. The van der Waals surface area contributed by atoms with Crippen LogP contribution in [0.5, 0.6) is 0 Å². The van der Waals surface area contributed by atoms with E-state index in [1.165, 1.54) is 6.92 Å². The van der Waals surface area contributed by atoms with Crippen molar-refractivity contribution in [3.05, 3.63) is 0 Å². The van der Waals surface area contributed by atoms with E-state index in [-0.39, 0.29) is 31.1 Å². The van der Waals surface area contributed by atoms with E-state index in [0.717, 1.165) is 25.7 Å². The molecule has 15 nitrogen and oxygen atoms in total. The van der Waals surface area contributed by atoms with E-state index in [1.807, 2.05) is 6.92 Å². The van der Waals surface area contributed by atoms with Gasteiger partial charge in [-0.05, 0) is 12.8 Å². The number of hydrogen-bond donors (Lipinski definition) is 0. The van der Waals surface area contributed by atoms with Gasteiger partial charge < -0.3 is 61.6 Å². The van der Waals surface area contributed by atoms with Gasteiger partial charge in [0.2, 0.25) is 0 Å². The number of carbonyl (C=O) groups excluding carboxylic acids is 2. The number of carbonyl (C=O) groups is 2. The van der Waals surface area contributed by atoms with Gasteiger partial charge in [0, 0.05) is 6.92 Å². The Balaban J connectivity index is 3.14. The minimum atomic E-state index is -0.314. The maximum atomic E-state index is 12.0. The van der Waals surface area contributed by atoms with E-state index < -0.39 is 0 Å². The molecule has 15 heteroatoms. The lowest BCUT2D eigenvalue weighted by atomic mass is 10.00. The van der Waals surface area contributed by atoms with Crippen molar-refractivity contribution in [2.45, 2.75) is 46.5 Å². The highest BCUT2D eigenvalue weighted by atomic mass is 16.6. The number of rotatable bonds is 41. The third-order valence-corrected chi connectivity index (χ3v) is 6.46. The van der Waals surface area contributed by atoms with Crippen LogP contribution >= 0.6 is 0 Å². The quantitative estimate of drug-likeness (QED) is 0.0673. The highest BCUT2D eigenvalue weighted by Crippen LogP contribution is 2.14. The highest BCUT2D eigenvalue weighted by Gasteiger charge is 2.16. The molecule has 0 aromatic rings. The van der Waals surface area contributed by atoms with Crippen molar-refractivity contribution in [3.8, 4) is 0 Å². The predicted octanol–water partition coefficient (Wildman–Crippen LogP) is 2.49. The van der Waals surface area contributed by atoms with Crippen molar-refractivity contribution < 1.29 is 71.2 Å². The molecular formula is C34H66O15. The Labute approximate surface area is 294 Å². The molecular weight excluding hydrogens is 648 g/mol. The van der Waals surface area contributed by atoms with Crippen LogP contribution < -0.4 is 0 Å². The second-order valence-electron chi connectivity index (χ2n) is 10.5. The predicted molar refractivity (Wildman–Crippen MR) is 180 cm³/mol. The van der Waals surface area contributed by atoms with Crippen LogP contribution in [0.1, 0.15) is 46.5 Å². The Kier molecular flexibility index (Phi) is 39.7. The summed E-state index contributed by atoms with van der Waals surface area (Å²) in [5, 5.41) is 0. The zero-order valence-electron chi connectivity index (χ0n) is 30.5. The molecule has 0 aromatic carbocycles. The number of unbranched alkanes of at least 4 members (excludes halogenated alkanes) is 1. The number of hydrogen-bond acceptors (Lipinski definition) is 15. The molecule has 49 heavy (non-hydrogen) atoms. The van der Waals surface area contributed by atoms with Crippen molar-refractivity contribution >= 4 is 11.9 Å². The molecule has 0 aliphatic carbocycles. The summed E-state index contributed by atoms with van der Waals surface area (Å²) in [5.41, 5.74) is 0. The average molecular weight is 715 g/mol. The SMILES string of the molecule is CCCCC(CC)C(=O)OCCOCCOCCOCCOCCOCCOCCOCCOCCOCCOCCOCCOC(C)=O. The van der Waals surface area contributed by atoms with Gasteiger partial charge in [-0.25, -0.2) is 0 Å². The molecule has 0 saturated heterocycles. The van der Waals surface area contributed by atoms with Gasteiger partial charge in [0.1, 0.15) is 13.2 Å². The fourth-order valence-electron chi connectivity index (χ4n) is 3.80. The van der Waals surface area contributed by atoms with E-state index in [9.17, 15) is 9.59 Å². The summed E-state index contributed by atoms with van der Waals surface area (Å²) in [7, 11) is 0. The van der Waals surface area contributed by atoms with E-state index in [4.69, 9.17) is 61.6 Å². The van der Waals surface area contributed by atoms with E-state index >= 15 is 0 Å². The third kappa shape index (κ3) is 39.1. The third-order valence-electron chi connectivity index (χ3n) is 6.46. The van der Waals surface area contributed by atoms with Crippen molar-refractivity contribution in [3.63, 3.8) is 0 Å². The lowest BCUT2D eigenvalue weighted by Crippen LogP contribution is -2.20. The first-order valence-corrected chi connectivity index (χ1v) is 17.8. The number of esters is 2. The Morgan fingerprint density at radius 3 is 0.857 bits per heavy atom. The lowest BCUT2D eigenvalue weighted by Gasteiger charge is -2.13. The summed E-state index contributed by atoms with van der Waals surface area (Å²) < 4.78 is 69.8. The first kappa shape index (κ1) is 47.5. The molecule has 0 rings (SSSR count). The molecule has 0 bridgehead atoms. The standard InChI is InChI=1S/C34H66O15/c1-4-6-7-33(5-2)34(36)49-31-29-47-27-25-45-23-21-43-19-17-41-15-13-39-11-9-37-8-10-38-12-14-40-16-18-42-20-22-44-24-26-46-28-30-48-32(3)35/h33H,4-31H2,1-3H3. The maximum Gasteiger partial charge on any atom is 0.308 e. The van der Waals surface area contributed by atoms with Crippen molar-refractivity contribution in [2.24, 2.45) is 5.92 Å². The van der Waals surface area contributed by atoms with Gasteiger partial charge in [-0.15, -0.1) is 0 Å². The summed E-state index contributed by atoms with van der Waals surface area (Å²) in [5.74, 6) is -0.445. The van der Waals surface area contributed by atoms with Crippen LogP contribution in [-0.4, -0.2) is 171 Å². The molecule has 0 fully saturated rings. The second-order valence-corrected chi connectivity index (χ2v) is 10.5. The van der Waals surface area contributed by atoms with Crippen molar-refractivity contribution in [2.75, 3.05) is 159 Å². The topological polar surface area (TPSA) is 154 Å². The zero-order valence-corrected chi connectivity index (χ0v) is 30.5. The summed E-state index contributed by atoms with van der Waals surface area (Å²) in [6.07, 6.45) is 3.82. The van der Waals surface area contributed by atoms with E-state index in [0.29, 0.717) is 145 Å². The van der Waals surface area contributed by atoms with Gasteiger partial charge in [-0.1, -0.05) is 26.7 Å². The molecule has 1 unspecified atom stereocenters. The molecule has 0 radical (unpaired) electrons.